The highest BCUT2D eigenvalue weighted by Crippen LogP contribution is 2.19. The Morgan fingerprint density at radius 2 is 2.00 bits per heavy atom. The lowest BCUT2D eigenvalue weighted by molar-refractivity contribution is 0.100. The average molecular weight is 316 g/mol. The number of carbonyl (C=O) groups is 1. The minimum atomic E-state index is -0.205. The first-order valence-electron chi connectivity index (χ1n) is 7.99. The smallest absolute Gasteiger partial charge is 0.233 e. The van der Waals surface area contributed by atoms with Gasteiger partial charge in [0.25, 0.3) is 0 Å². The van der Waals surface area contributed by atoms with Gasteiger partial charge in [-0.3, -0.25) is 4.79 Å². The van der Waals surface area contributed by atoms with Crippen molar-refractivity contribution in [1.29, 1.82) is 0 Å². The summed E-state index contributed by atoms with van der Waals surface area (Å²) in [5.41, 5.74) is 0.440. The molecule has 0 unspecified atom stereocenters. The summed E-state index contributed by atoms with van der Waals surface area (Å²) in [6.07, 6.45) is 7.56. The SMILES string of the molecule is CN(C)CCCCCCOc1ncccc1C(=O)c1ccco1. The molecule has 0 aliphatic carbocycles. The largest absolute Gasteiger partial charge is 0.477 e. The fourth-order valence-corrected chi connectivity index (χ4v) is 2.27. The second-order valence-corrected chi connectivity index (χ2v) is 5.73. The van der Waals surface area contributed by atoms with Crippen molar-refractivity contribution in [2.24, 2.45) is 0 Å². The van der Waals surface area contributed by atoms with E-state index < -0.39 is 0 Å². The van der Waals surface area contributed by atoms with Crippen LogP contribution in [-0.2, 0) is 0 Å². The standard InChI is InChI=1S/C18H24N2O3/c1-20(2)12-5-3-4-6-13-23-18-15(9-7-11-19-18)17(21)16-10-8-14-22-16/h7-11,14H,3-6,12-13H2,1-2H3. The molecule has 0 saturated carbocycles. The van der Waals surface area contributed by atoms with Crippen molar-refractivity contribution in [2.75, 3.05) is 27.2 Å². The number of ketones is 1. The van der Waals surface area contributed by atoms with Crippen molar-refractivity contribution >= 4 is 5.78 Å². The van der Waals surface area contributed by atoms with Crippen LogP contribution in [0, 0.1) is 0 Å². The molecule has 2 aromatic rings. The second-order valence-electron chi connectivity index (χ2n) is 5.73. The van der Waals surface area contributed by atoms with Gasteiger partial charge in [-0.15, -0.1) is 0 Å². The van der Waals surface area contributed by atoms with Crippen molar-refractivity contribution in [1.82, 2.24) is 9.88 Å². The van der Waals surface area contributed by atoms with Crippen LogP contribution in [-0.4, -0.2) is 42.9 Å². The van der Waals surface area contributed by atoms with Gasteiger partial charge in [-0.1, -0.05) is 12.8 Å². The number of nitrogens with zero attached hydrogens (tertiary/aromatic N) is 2. The molecule has 5 nitrogen and oxygen atoms in total. The molecular weight excluding hydrogens is 292 g/mol. The van der Waals surface area contributed by atoms with E-state index in [1.807, 2.05) is 0 Å². The lowest BCUT2D eigenvalue weighted by Gasteiger charge is -2.10. The molecule has 0 radical (unpaired) electrons. The van der Waals surface area contributed by atoms with Gasteiger partial charge in [-0.25, -0.2) is 4.98 Å². The summed E-state index contributed by atoms with van der Waals surface area (Å²) in [4.78, 5) is 18.7. The quantitative estimate of drug-likeness (QED) is 0.496. The molecule has 2 heterocycles. The summed E-state index contributed by atoms with van der Waals surface area (Å²) < 4.78 is 10.9. The molecule has 0 N–H and O–H groups in total. The summed E-state index contributed by atoms with van der Waals surface area (Å²) in [6.45, 7) is 1.68. The molecule has 2 rings (SSSR count). The van der Waals surface area contributed by atoms with Crippen LogP contribution >= 0.6 is 0 Å². The predicted octanol–water partition coefficient (Wildman–Crippen LogP) is 3.41. The van der Waals surface area contributed by atoms with Gasteiger partial charge in [0.15, 0.2) is 5.76 Å². The lowest BCUT2D eigenvalue weighted by Crippen LogP contribution is -2.12. The molecule has 0 spiro atoms. The van der Waals surface area contributed by atoms with E-state index in [4.69, 9.17) is 9.15 Å². The lowest BCUT2D eigenvalue weighted by atomic mass is 10.1. The first kappa shape index (κ1) is 17.2. The van der Waals surface area contributed by atoms with Crippen LogP contribution in [0.25, 0.3) is 0 Å². The maximum Gasteiger partial charge on any atom is 0.233 e. The van der Waals surface area contributed by atoms with Gasteiger partial charge in [-0.2, -0.15) is 0 Å². The van der Waals surface area contributed by atoms with E-state index in [-0.39, 0.29) is 5.78 Å². The molecule has 0 amide bonds. The van der Waals surface area contributed by atoms with Crippen molar-refractivity contribution in [3.05, 3.63) is 48.0 Å². The molecule has 0 fully saturated rings. The van der Waals surface area contributed by atoms with Gasteiger partial charge in [0.2, 0.25) is 11.7 Å². The van der Waals surface area contributed by atoms with Gasteiger partial charge in [0.1, 0.15) is 0 Å². The summed E-state index contributed by atoms with van der Waals surface area (Å²) in [7, 11) is 4.17. The van der Waals surface area contributed by atoms with Crippen LogP contribution in [0.15, 0.2) is 41.1 Å². The Bertz CT molecular complexity index is 594. The third-order valence-corrected chi connectivity index (χ3v) is 3.50. The summed E-state index contributed by atoms with van der Waals surface area (Å²) in [5, 5.41) is 0. The van der Waals surface area contributed by atoms with Crippen molar-refractivity contribution in [3.63, 3.8) is 0 Å². The number of ether oxygens (including phenoxy) is 1. The number of pyridine rings is 1. The average Bonchev–Trinajstić information content (AvgIpc) is 3.08. The van der Waals surface area contributed by atoms with Crippen LogP contribution in [0.4, 0.5) is 0 Å². The van der Waals surface area contributed by atoms with Crippen LogP contribution in [0.1, 0.15) is 41.8 Å². The second kappa shape index (κ2) is 9.10. The monoisotopic (exact) mass is 316 g/mol. The van der Waals surface area contributed by atoms with Gasteiger partial charge in [0, 0.05) is 6.20 Å². The van der Waals surface area contributed by atoms with E-state index in [0.717, 1.165) is 19.4 Å². The maximum atomic E-state index is 12.3. The molecule has 0 aliphatic rings. The zero-order valence-electron chi connectivity index (χ0n) is 13.8. The number of unbranched alkanes of at least 4 members (excludes halogenated alkanes) is 3. The van der Waals surface area contributed by atoms with Crippen molar-refractivity contribution in [3.8, 4) is 5.88 Å². The van der Waals surface area contributed by atoms with Crippen LogP contribution in [0.2, 0.25) is 0 Å². The van der Waals surface area contributed by atoms with Gasteiger partial charge in [-0.05, 0) is 57.7 Å². The third-order valence-electron chi connectivity index (χ3n) is 3.50. The molecule has 0 bridgehead atoms. The van der Waals surface area contributed by atoms with E-state index >= 15 is 0 Å². The fraction of sp³-hybridized carbons (Fsp3) is 0.444. The molecule has 0 saturated heterocycles. The highest BCUT2D eigenvalue weighted by atomic mass is 16.5. The predicted molar refractivity (Wildman–Crippen MR) is 88.9 cm³/mol. The fourth-order valence-electron chi connectivity index (χ4n) is 2.27. The molecule has 0 aliphatic heterocycles. The summed E-state index contributed by atoms with van der Waals surface area (Å²) >= 11 is 0. The Morgan fingerprint density at radius 1 is 1.17 bits per heavy atom. The Labute approximate surface area is 137 Å². The minimum Gasteiger partial charge on any atom is -0.477 e. The third kappa shape index (κ3) is 5.53. The van der Waals surface area contributed by atoms with Gasteiger partial charge >= 0.3 is 0 Å². The molecule has 0 atom stereocenters. The number of hydrogen-bond donors (Lipinski definition) is 0. The number of hydrogen-bond acceptors (Lipinski definition) is 5. The number of carbonyl (C=O) groups excluding carboxylic acids is 1. The Morgan fingerprint density at radius 3 is 2.74 bits per heavy atom. The van der Waals surface area contributed by atoms with E-state index in [9.17, 15) is 4.79 Å². The van der Waals surface area contributed by atoms with Crippen LogP contribution in [0.3, 0.4) is 0 Å². The van der Waals surface area contributed by atoms with E-state index in [1.54, 1.807) is 30.5 Å². The summed E-state index contributed by atoms with van der Waals surface area (Å²) in [5.74, 6) is 0.470. The summed E-state index contributed by atoms with van der Waals surface area (Å²) in [6, 6.07) is 6.77. The Kier molecular flexibility index (Phi) is 6.81. The molecular formula is C18H24N2O3. The van der Waals surface area contributed by atoms with Crippen LogP contribution in [0.5, 0.6) is 5.88 Å². The normalized spacial score (nSPS) is 10.9. The molecule has 23 heavy (non-hydrogen) atoms. The van der Waals surface area contributed by atoms with E-state index in [2.05, 4.69) is 24.0 Å². The zero-order valence-corrected chi connectivity index (χ0v) is 13.8. The molecule has 124 valence electrons. The molecule has 5 heteroatoms. The maximum absolute atomic E-state index is 12.3. The highest BCUT2D eigenvalue weighted by Gasteiger charge is 2.17. The van der Waals surface area contributed by atoms with Crippen molar-refractivity contribution < 1.29 is 13.9 Å². The number of rotatable bonds is 10. The van der Waals surface area contributed by atoms with Crippen LogP contribution < -0.4 is 4.74 Å². The first-order valence-corrected chi connectivity index (χ1v) is 7.99. The number of aromatic nitrogens is 1. The van der Waals surface area contributed by atoms with Gasteiger partial charge in [0.05, 0.1) is 18.4 Å². The van der Waals surface area contributed by atoms with E-state index in [0.29, 0.717) is 23.8 Å². The Balaban J connectivity index is 1.81. The molecule has 0 aromatic carbocycles. The van der Waals surface area contributed by atoms with E-state index in [1.165, 1.54) is 19.1 Å². The van der Waals surface area contributed by atoms with Crippen molar-refractivity contribution in [2.45, 2.75) is 25.7 Å². The van der Waals surface area contributed by atoms with Gasteiger partial charge < -0.3 is 14.1 Å². The zero-order chi connectivity index (χ0) is 16.5. The minimum absolute atomic E-state index is 0.205. The molecule has 2 aromatic heterocycles. The topological polar surface area (TPSA) is 55.6 Å². The first-order chi connectivity index (χ1) is 11.2. The number of furan rings is 1. The highest BCUT2D eigenvalue weighted by molar-refractivity contribution is 6.08. The Hall–Kier alpha value is -2.14.